The maximum atomic E-state index is 9.13. The maximum Gasteiger partial charge on any atom is 0.131 e. The summed E-state index contributed by atoms with van der Waals surface area (Å²) in [6.45, 7) is 2.61. The van der Waals surface area contributed by atoms with Crippen LogP contribution in [0.25, 0.3) is 0 Å². The highest BCUT2D eigenvalue weighted by atomic mass is 32.1. The second kappa shape index (κ2) is 5.05. The van der Waals surface area contributed by atoms with Gasteiger partial charge in [-0.1, -0.05) is 6.07 Å². The smallest absolute Gasteiger partial charge is 0.131 e. The molecule has 0 spiro atoms. The molecule has 0 fully saturated rings. The molecular formula is C11H13N3OS. The molecule has 0 radical (unpaired) electrons. The highest BCUT2D eigenvalue weighted by Crippen LogP contribution is 2.13. The van der Waals surface area contributed by atoms with E-state index in [0.717, 1.165) is 22.1 Å². The highest BCUT2D eigenvalue weighted by Gasteiger charge is 2.03. The van der Waals surface area contributed by atoms with Crippen molar-refractivity contribution in [1.29, 1.82) is 0 Å². The van der Waals surface area contributed by atoms with Crippen molar-refractivity contribution in [1.82, 2.24) is 9.97 Å². The first-order valence-electron chi connectivity index (χ1n) is 4.99. The lowest BCUT2D eigenvalue weighted by Crippen LogP contribution is -2.04. The van der Waals surface area contributed by atoms with Crippen LogP contribution in [-0.2, 0) is 13.2 Å². The van der Waals surface area contributed by atoms with Crippen molar-refractivity contribution >= 4 is 17.2 Å². The van der Waals surface area contributed by atoms with E-state index in [9.17, 15) is 0 Å². The van der Waals surface area contributed by atoms with Gasteiger partial charge in [-0.2, -0.15) is 0 Å². The molecule has 2 rings (SSSR count). The lowest BCUT2D eigenvalue weighted by Gasteiger charge is -2.07. The summed E-state index contributed by atoms with van der Waals surface area (Å²) in [5, 5.41) is 15.4. The maximum absolute atomic E-state index is 9.13. The molecule has 2 aromatic rings. The van der Waals surface area contributed by atoms with Gasteiger partial charge in [-0.3, -0.25) is 0 Å². The number of anilines is 1. The normalized spacial score (nSPS) is 10.4. The SMILES string of the molecule is Cc1nc(CNc2ncccc2CO)cs1. The molecule has 0 saturated carbocycles. The van der Waals surface area contributed by atoms with Crippen molar-refractivity contribution in [2.45, 2.75) is 20.1 Å². The average Bonchev–Trinajstić information content (AvgIpc) is 2.73. The van der Waals surface area contributed by atoms with Crippen LogP contribution < -0.4 is 5.32 Å². The fourth-order valence-corrected chi connectivity index (χ4v) is 2.00. The minimum absolute atomic E-state index is 0.00767. The third kappa shape index (κ3) is 2.56. The quantitative estimate of drug-likeness (QED) is 0.850. The number of aryl methyl sites for hydroxylation is 1. The molecule has 0 unspecified atom stereocenters. The van der Waals surface area contributed by atoms with Crippen LogP contribution in [0.5, 0.6) is 0 Å². The third-order valence-corrected chi connectivity index (χ3v) is 2.99. The molecule has 4 nitrogen and oxygen atoms in total. The van der Waals surface area contributed by atoms with Gasteiger partial charge in [0.05, 0.1) is 23.9 Å². The van der Waals surface area contributed by atoms with E-state index in [1.54, 1.807) is 17.5 Å². The lowest BCUT2D eigenvalue weighted by molar-refractivity contribution is 0.282. The molecule has 0 saturated heterocycles. The fourth-order valence-electron chi connectivity index (χ4n) is 1.39. The van der Waals surface area contributed by atoms with Crippen LogP contribution >= 0.6 is 11.3 Å². The van der Waals surface area contributed by atoms with Crippen molar-refractivity contribution in [3.8, 4) is 0 Å². The minimum Gasteiger partial charge on any atom is -0.392 e. The fraction of sp³-hybridized carbons (Fsp3) is 0.273. The Morgan fingerprint density at radius 3 is 3.06 bits per heavy atom. The van der Waals surface area contributed by atoms with Crippen LogP contribution in [0.1, 0.15) is 16.3 Å². The summed E-state index contributed by atoms with van der Waals surface area (Å²) in [6.07, 6.45) is 1.70. The number of thiazole rings is 1. The Balaban J connectivity index is 2.04. The van der Waals surface area contributed by atoms with Crippen LogP contribution in [-0.4, -0.2) is 15.1 Å². The predicted octanol–water partition coefficient (Wildman–Crippen LogP) is 1.95. The summed E-state index contributed by atoms with van der Waals surface area (Å²) >= 11 is 1.63. The van der Waals surface area contributed by atoms with Crippen molar-refractivity contribution < 1.29 is 5.11 Å². The Labute approximate surface area is 98.0 Å². The molecule has 0 aliphatic rings. The first kappa shape index (κ1) is 11.0. The molecule has 2 N–H and O–H groups in total. The molecule has 0 atom stereocenters. The van der Waals surface area contributed by atoms with Gasteiger partial charge in [0.25, 0.3) is 0 Å². The Bertz CT molecular complexity index is 470. The Kier molecular flexibility index (Phi) is 3.48. The van der Waals surface area contributed by atoms with Gasteiger partial charge in [-0.25, -0.2) is 9.97 Å². The van der Waals surface area contributed by atoms with Crippen LogP contribution in [0.15, 0.2) is 23.7 Å². The Hall–Kier alpha value is -1.46. The van der Waals surface area contributed by atoms with E-state index in [4.69, 9.17) is 5.11 Å². The molecule has 84 valence electrons. The van der Waals surface area contributed by atoms with Gasteiger partial charge in [-0.15, -0.1) is 11.3 Å². The van der Waals surface area contributed by atoms with Gasteiger partial charge in [0.1, 0.15) is 5.82 Å². The summed E-state index contributed by atoms with van der Waals surface area (Å²) in [7, 11) is 0. The first-order valence-corrected chi connectivity index (χ1v) is 5.87. The molecule has 16 heavy (non-hydrogen) atoms. The van der Waals surface area contributed by atoms with Gasteiger partial charge in [-0.05, 0) is 13.0 Å². The molecule has 0 amide bonds. The topological polar surface area (TPSA) is 58.0 Å². The third-order valence-electron chi connectivity index (χ3n) is 2.17. The zero-order chi connectivity index (χ0) is 11.4. The van der Waals surface area contributed by atoms with E-state index in [1.807, 2.05) is 24.4 Å². The number of nitrogens with one attached hydrogen (secondary N) is 1. The summed E-state index contributed by atoms with van der Waals surface area (Å²) in [6, 6.07) is 3.66. The molecular weight excluding hydrogens is 222 g/mol. The van der Waals surface area contributed by atoms with Crippen molar-refractivity contribution in [2.24, 2.45) is 0 Å². The van der Waals surface area contributed by atoms with Crippen LogP contribution in [0.3, 0.4) is 0 Å². The van der Waals surface area contributed by atoms with Gasteiger partial charge < -0.3 is 10.4 Å². The molecule has 0 aliphatic carbocycles. The molecule has 0 bridgehead atoms. The summed E-state index contributed by atoms with van der Waals surface area (Å²) < 4.78 is 0. The monoisotopic (exact) mass is 235 g/mol. The molecule has 5 heteroatoms. The number of aromatic nitrogens is 2. The van der Waals surface area contributed by atoms with Crippen LogP contribution in [0.2, 0.25) is 0 Å². The largest absolute Gasteiger partial charge is 0.392 e. The number of hydrogen-bond acceptors (Lipinski definition) is 5. The molecule has 2 heterocycles. The van der Waals surface area contributed by atoms with E-state index in [-0.39, 0.29) is 6.61 Å². The zero-order valence-electron chi connectivity index (χ0n) is 8.97. The zero-order valence-corrected chi connectivity index (χ0v) is 9.79. The van der Waals surface area contributed by atoms with E-state index >= 15 is 0 Å². The van der Waals surface area contributed by atoms with Crippen LogP contribution in [0, 0.1) is 6.92 Å². The van der Waals surface area contributed by atoms with Crippen molar-refractivity contribution in [3.63, 3.8) is 0 Å². The number of rotatable bonds is 4. The minimum atomic E-state index is -0.00767. The second-order valence-corrected chi connectivity index (χ2v) is 4.44. The summed E-state index contributed by atoms with van der Waals surface area (Å²) in [5.74, 6) is 0.718. The standard InChI is InChI=1S/C11H13N3OS/c1-8-14-10(7-16-8)5-13-11-9(6-15)3-2-4-12-11/h2-4,7,15H,5-6H2,1H3,(H,12,13). The summed E-state index contributed by atoms with van der Waals surface area (Å²) in [5.41, 5.74) is 1.80. The van der Waals surface area contributed by atoms with Crippen molar-refractivity contribution in [3.05, 3.63) is 40.0 Å². The van der Waals surface area contributed by atoms with Crippen LogP contribution in [0.4, 0.5) is 5.82 Å². The number of nitrogens with zero attached hydrogens (tertiary/aromatic N) is 2. The van der Waals surface area contributed by atoms with E-state index < -0.39 is 0 Å². The number of hydrogen-bond donors (Lipinski definition) is 2. The first-order chi connectivity index (χ1) is 7.79. The lowest BCUT2D eigenvalue weighted by atomic mass is 10.2. The Morgan fingerprint density at radius 1 is 1.50 bits per heavy atom. The second-order valence-electron chi connectivity index (χ2n) is 3.38. The Morgan fingerprint density at radius 2 is 2.38 bits per heavy atom. The molecule has 0 aromatic carbocycles. The van der Waals surface area contributed by atoms with E-state index in [2.05, 4.69) is 15.3 Å². The highest BCUT2D eigenvalue weighted by molar-refractivity contribution is 7.09. The number of aliphatic hydroxyl groups excluding tert-OH is 1. The van der Waals surface area contributed by atoms with E-state index in [1.165, 1.54) is 0 Å². The predicted molar refractivity (Wildman–Crippen MR) is 64.3 cm³/mol. The average molecular weight is 235 g/mol. The molecule has 2 aromatic heterocycles. The summed E-state index contributed by atoms with van der Waals surface area (Å²) in [4.78, 5) is 8.52. The van der Waals surface area contributed by atoms with Gasteiger partial charge in [0.2, 0.25) is 0 Å². The van der Waals surface area contributed by atoms with Gasteiger partial charge in [0.15, 0.2) is 0 Å². The van der Waals surface area contributed by atoms with E-state index in [0.29, 0.717) is 6.54 Å². The van der Waals surface area contributed by atoms with Gasteiger partial charge >= 0.3 is 0 Å². The number of pyridine rings is 1. The van der Waals surface area contributed by atoms with Gasteiger partial charge in [0, 0.05) is 17.1 Å². The number of aliphatic hydroxyl groups is 1. The van der Waals surface area contributed by atoms with Crippen molar-refractivity contribution in [2.75, 3.05) is 5.32 Å². The molecule has 0 aliphatic heterocycles.